The second-order valence-corrected chi connectivity index (χ2v) is 13.2. The lowest BCUT2D eigenvalue weighted by Gasteiger charge is -2.32. The number of aromatic nitrogens is 3. The van der Waals surface area contributed by atoms with Crippen LogP contribution in [0.15, 0.2) is 78.9 Å². The first kappa shape index (κ1) is 31.6. The largest absolute Gasteiger partial charge is 0.486 e. The summed E-state index contributed by atoms with van der Waals surface area (Å²) >= 11 is 0. The molecule has 48 heavy (non-hydrogen) atoms. The minimum atomic E-state index is -1.15. The smallest absolute Gasteiger partial charge is 0.339 e. The molecule has 2 aromatic heterocycles. The SMILES string of the molecule is COC(=O)[C@@H](OC(C)(C)C)c1c(C)nc2cc3nn2c1-c1cc(F)c2c(c1)N(CC=CCCc1ccccc1-c1cccc-3c1)CCO2. The average molecular weight is 647 g/mol. The summed E-state index contributed by atoms with van der Waals surface area (Å²) in [6, 6.07) is 22.1. The van der Waals surface area contributed by atoms with Gasteiger partial charge in [-0.2, -0.15) is 5.10 Å². The highest BCUT2D eigenvalue weighted by Crippen LogP contribution is 2.42. The summed E-state index contributed by atoms with van der Waals surface area (Å²) in [7, 11) is 1.33. The van der Waals surface area contributed by atoms with Crippen LogP contribution in [0.25, 0.3) is 39.3 Å². The maximum Gasteiger partial charge on any atom is 0.339 e. The Hall–Kier alpha value is -5.02. The number of nitrogens with zero attached hydrogens (tertiary/aromatic N) is 4. The number of carbonyl (C=O) groups excluding carboxylic acids is 1. The van der Waals surface area contributed by atoms with Crippen LogP contribution in [0.2, 0.25) is 0 Å². The Balaban J connectivity index is 1.54. The molecule has 3 aromatic carbocycles. The number of hydrogen-bond acceptors (Lipinski definition) is 7. The van der Waals surface area contributed by atoms with Gasteiger partial charge in [0.15, 0.2) is 23.3 Å². The number of methoxy groups -OCH3 is 1. The highest BCUT2D eigenvalue weighted by molar-refractivity contribution is 5.84. The van der Waals surface area contributed by atoms with Gasteiger partial charge < -0.3 is 19.1 Å². The zero-order valence-electron chi connectivity index (χ0n) is 27.9. The molecule has 1 atom stereocenters. The van der Waals surface area contributed by atoms with Crippen molar-refractivity contribution in [2.75, 3.05) is 31.7 Å². The third-order valence-corrected chi connectivity index (χ3v) is 8.78. The third-order valence-electron chi connectivity index (χ3n) is 8.78. The number of hydrogen-bond donors (Lipinski definition) is 0. The van der Waals surface area contributed by atoms with Gasteiger partial charge in [0, 0.05) is 35.0 Å². The molecule has 0 unspecified atom stereocenters. The molecule has 0 saturated carbocycles. The first-order chi connectivity index (χ1) is 23.1. The van der Waals surface area contributed by atoms with Gasteiger partial charge in [-0.3, -0.25) is 0 Å². The zero-order chi connectivity index (χ0) is 33.6. The van der Waals surface area contributed by atoms with Crippen molar-refractivity contribution in [1.82, 2.24) is 14.6 Å². The number of benzene rings is 3. The molecule has 246 valence electrons. The van der Waals surface area contributed by atoms with E-state index >= 15 is 4.39 Å². The second-order valence-electron chi connectivity index (χ2n) is 13.2. The monoisotopic (exact) mass is 646 g/mol. The first-order valence-corrected chi connectivity index (χ1v) is 16.3. The molecule has 2 aliphatic heterocycles. The van der Waals surface area contributed by atoms with E-state index in [1.165, 1.54) is 24.3 Å². The number of fused-ring (bicyclic) bond motifs is 8. The number of esters is 1. The summed E-state index contributed by atoms with van der Waals surface area (Å²) < 4.78 is 35.3. The summed E-state index contributed by atoms with van der Waals surface area (Å²) in [6.45, 7) is 9.00. The fourth-order valence-corrected chi connectivity index (χ4v) is 6.64. The summed E-state index contributed by atoms with van der Waals surface area (Å²) in [5.74, 6) is -0.877. The predicted octanol–water partition coefficient (Wildman–Crippen LogP) is 7.91. The Bertz CT molecular complexity index is 2060. The van der Waals surface area contributed by atoms with E-state index in [1.807, 2.05) is 52.0 Å². The minimum absolute atomic E-state index is 0.207. The van der Waals surface area contributed by atoms with Crippen LogP contribution in [0.4, 0.5) is 10.1 Å². The number of ether oxygens (including phenoxy) is 3. The highest BCUT2D eigenvalue weighted by atomic mass is 19.1. The van der Waals surface area contributed by atoms with Gasteiger partial charge >= 0.3 is 5.97 Å². The fraction of sp³-hybridized carbons (Fsp3) is 0.308. The minimum Gasteiger partial charge on any atom is -0.486 e. The van der Waals surface area contributed by atoms with Gasteiger partial charge in [0.1, 0.15) is 6.61 Å². The van der Waals surface area contributed by atoms with Crippen LogP contribution >= 0.6 is 0 Å². The number of rotatable bonds is 3. The summed E-state index contributed by atoms with van der Waals surface area (Å²) in [4.78, 5) is 20.5. The van der Waals surface area contributed by atoms with Crippen LogP contribution in [0.1, 0.15) is 50.1 Å². The summed E-state index contributed by atoms with van der Waals surface area (Å²) in [5.41, 5.74) is 7.62. The van der Waals surface area contributed by atoms with Crippen LogP contribution in [0.5, 0.6) is 5.75 Å². The van der Waals surface area contributed by atoms with E-state index in [4.69, 9.17) is 24.3 Å². The van der Waals surface area contributed by atoms with Gasteiger partial charge in [0.25, 0.3) is 0 Å². The molecular weight excluding hydrogens is 607 g/mol. The first-order valence-electron chi connectivity index (χ1n) is 16.3. The molecule has 0 radical (unpaired) electrons. The van der Waals surface area contributed by atoms with Crippen LogP contribution < -0.4 is 9.64 Å². The van der Waals surface area contributed by atoms with Gasteiger partial charge in [0.05, 0.1) is 36.3 Å². The van der Waals surface area contributed by atoms with Gasteiger partial charge in [-0.15, -0.1) is 0 Å². The van der Waals surface area contributed by atoms with Crippen molar-refractivity contribution in [2.24, 2.45) is 0 Å². The Morgan fingerprint density at radius 2 is 1.81 bits per heavy atom. The van der Waals surface area contributed by atoms with Crippen molar-refractivity contribution in [2.45, 2.75) is 52.2 Å². The summed E-state index contributed by atoms with van der Waals surface area (Å²) in [6.07, 6.45) is 4.93. The van der Waals surface area contributed by atoms with Crippen molar-refractivity contribution < 1.29 is 23.4 Å². The zero-order valence-corrected chi connectivity index (χ0v) is 27.9. The average Bonchev–Trinajstić information content (AvgIpc) is 3.49. The highest BCUT2D eigenvalue weighted by Gasteiger charge is 2.35. The number of aryl methyl sites for hydroxylation is 2. The van der Waals surface area contributed by atoms with Gasteiger partial charge in [0.2, 0.25) is 0 Å². The Morgan fingerprint density at radius 3 is 2.62 bits per heavy atom. The molecule has 7 rings (SSSR count). The molecule has 6 bridgehead atoms. The van der Waals surface area contributed by atoms with Crippen LogP contribution in [0, 0.1) is 12.7 Å². The van der Waals surface area contributed by atoms with E-state index in [2.05, 4.69) is 53.5 Å². The Kier molecular flexibility index (Phi) is 8.25. The fourth-order valence-electron chi connectivity index (χ4n) is 6.64. The van der Waals surface area contributed by atoms with Crippen LogP contribution in [-0.4, -0.2) is 53.0 Å². The van der Waals surface area contributed by atoms with Crippen molar-refractivity contribution in [3.63, 3.8) is 0 Å². The molecule has 8 nitrogen and oxygen atoms in total. The van der Waals surface area contributed by atoms with Crippen LogP contribution in [-0.2, 0) is 20.7 Å². The third kappa shape index (κ3) is 5.94. The molecule has 4 heterocycles. The Labute approximate surface area is 279 Å². The lowest BCUT2D eigenvalue weighted by molar-refractivity contribution is -0.164. The lowest BCUT2D eigenvalue weighted by atomic mass is 9.95. The Morgan fingerprint density at radius 1 is 1.00 bits per heavy atom. The quantitative estimate of drug-likeness (QED) is 0.146. The summed E-state index contributed by atoms with van der Waals surface area (Å²) in [5, 5.41) is 5.08. The molecular formula is C39H39FN4O4. The van der Waals surface area contributed by atoms with E-state index in [1.54, 1.807) is 4.52 Å². The molecule has 0 spiro atoms. The number of carbonyl (C=O) groups is 1. The van der Waals surface area contributed by atoms with Crippen molar-refractivity contribution in [3.8, 4) is 39.4 Å². The number of allylic oxidation sites excluding steroid dienone is 1. The molecule has 5 aromatic rings. The number of anilines is 1. The van der Waals surface area contributed by atoms with Gasteiger partial charge in [-0.05, 0) is 75.4 Å². The second kappa shape index (κ2) is 12.5. The van der Waals surface area contributed by atoms with Crippen molar-refractivity contribution in [1.29, 1.82) is 0 Å². The van der Waals surface area contributed by atoms with Gasteiger partial charge in [-0.25, -0.2) is 18.7 Å². The van der Waals surface area contributed by atoms with E-state index in [0.717, 1.165) is 24.0 Å². The normalized spacial score (nSPS) is 15.0. The van der Waals surface area contributed by atoms with E-state index in [-0.39, 0.29) is 5.75 Å². The van der Waals surface area contributed by atoms with E-state index in [0.29, 0.717) is 59.2 Å². The maximum absolute atomic E-state index is 16.1. The predicted molar refractivity (Wildman–Crippen MR) is 185 cm³/mol. The molecule has 0 fully saturated rings. The molecule has 0 aliphatic carbocycles. The molecule has 0 saturated heterocycles. The number of halogens is 1. The molecule has 9 heteroatoms. The van der Waals surface area contributed by atoms with Crippen LogP contribution in [0.3, 0.4) is 0 Å². The van der Waals surface area contributed by atoms with E-state index in [9.17, 15) is 4.79 Å². The molecule has 0 N–H and O–H groups in total. The van der Waals surface area contributed by atoms with E-state index < -0.39 is 23.5 Å². The van der Waals surface area contributed by atoms with Gasteiger partial charge in [-0.1, -0.05) is 54.6 Å². The topological polar surface area (TPSA) is 78.2 Å². The molecule has 2 aliphatic rings. The maximum atomic E-state index is 16.1. The standard InChI is InChI=1S/C39H39FN4O4/c1-24-34(37(38(45)46-5)48-39(2,3)4)35-28-21-30(40)36-32(22-28)43(18-19-47-36)17-10-6-7-12-25-13-8-9-16-29(25)26-14-11-15-27(20-26)31-23-33(41-24)44(35)42-31/h6,8-11,13-16,20-23,37H,7,12,17-19H2,1-5H3/t37-/m0/s1. The van der Waals surface area contributed by atoms with Crippen molar-refractivity contribution >= 4 is 17.3 Å². The molecule has 0 amide bonds. The van der Waals surface area contributed by atoms with Crippen molar-refractivity contribution in [3.05, 3.63) is 102 Å². The lowest BCUT2D eigenvalue weighted by Crippen LogP contribution is -2.33.